The Morgan fingerprint density at radius 3 is 1.05 bits per heavy atom. The molecule has 3 heteroatoms. The molecule has 0 fully saturated rings. The second-order valence-electron chi connectivity index (χ2n) is 9.28. The Hall–Kier alpha value is -0.120. The van der Waals surface area contributed by atoms with E-state index in [4.69, 9.17) is 0 Å². The fourth-order valence-corrected chi connectivity index (χ4v) is 2.44. The van der Waals surface area contributed by atoms with E-state index in [1.807, 2.05) is 0 Å². The molecule has 0 unspecified atom stereocenters. The Bertz CT molecular complexity index is 263. The molecule has 0 N–H and O–H groups in total. The summed E-state index contributed by atoms with van der Waals surface area (Å²) in [5.41, 5.74) is 0. The minimum atomic E-state index is 0.713. The van der Waals surface area contributed by atoms with E-state index < -0.39 is 0 Å². The summed E-state index contributed by atoms with van der Waals surface area (Å²) in [6, 6.07) is 1.43. The average molecular weight is 303 g/mol. The summed E-state index contributed by atoms with van der Waals surface area (Å²) in [5.74, 6) is 0. The second kappa shape index (κ2) is 7.94. The van der Waals surface area contributed by atoms with E-state index in [-0.39, 0.29) is 0 Å². The maximum Gasteiger partial charge on any atom is 0.0838 e. The monoisotopic (exact) mass is 302 g/mol. The van der Waals surface area contributed by atoms with E-state index in [0.717, 1.165) is 13.4 Å². The van der Waals surface area contributed by atoms with Crippen LogP contribution in [0.5, 0.6) is 0 Å². The molecule has 0 bridgehead atoms. The van der Waals surface area contributed by atoms with Gasteiger partial charge in [0.25, 0.3) is 0 Å². The first-order chi connectivity index (χ1) is 9.30. The summed E-state index contributed by atoms with van der Waals surface area (Å²) in [6.45, 7) is 14.5. The van der Waals surface area contributed by atoms with Crippen LogP contribution in [-0.2, 0) is 0 Å². The molecule has 0 amide bonds. The fraction of sp³-hybridized carbons (Fsp3) is 1.00. The predicted octanol–water partition coefficient (Wildman–Crippen LogP) is 2.81. The Morgan fingerprint density at radius 2 is 0.810 bits per heavy atom. The molecule has 3 nitrogen and oxygen atoms in total. The molecular formula is C18H44N3+3. The number of nitrogens with zero attached hydrogens (tertiary/aromatic N) is 3. The van der Waals surface area contributed by atoms with Crippen LogP contribution in [0.4, 0.5) is 0 Å². The van der Waals surface area contributed by atoms with Crippen LogP contribution in [0.25, 0.3) is 0 Å². The third-order valence-corrected chi connectivity index (χ3v) is 5.79. The van der Waals surface area contributed by atoms with Crippen LogP contribution in [0.15, 0.2) is 0 Å². The summed E-state index contributed by atoms with van der Waals surface area (Å²) in [6.07, 6.45) is 2.64. The van der Waals surface area contributed by atoms with Gasteiger partial charge in [-0.1, -0.05) is 0 Å². The van der Waals surface area contributed by atoms with Gasteiger partial charge in [-0.3, -0.25) is 0 Å². The summed E-state index contributed by atoms with van der Waals surface area (Å²) < 4.78 is 3.44. The number of rotatable bonds is 10. The SMILES string of the molecule is CC(C)[N+](C)(C)CCC[N+](C)(C)CCC[N+](C)(C)C(C)C. The van der Waals surface area contributed by atoms with Crippen molar-refractivity contribution in [1.82, 2.24) is 0 Å². The summed E-state index contributed by atoms with van der Waals surface area (Å²) in [5, 5.41) is 0. The topological polar surface area (TPSA) is 0 Å². The lowest BCUT2D eigenvalue weighted by atomic mass is 10.2. The zero-order valence-electron chi connectivity index (χ0n) is 16.7. The highest BCUT2D eigenvalue weighted by atomic mass is 15.4. The Balaban J connectivity index is 4.11. The van der Waals surface area contributed by atoms with Crippen molar-refractivity contribution < 1.29 is 13.4 Å². The van der Waals surface area contributed by atoms with Crippen molar-refractivity contribution in [3.8, 4) is 0 Å². The molecule has 0 aliphatic carbocycles. The maximum atomic E-state index is 2.39. The second-order valence-corrected chi connectivity index (χ2v) is 9.28. The highest BCUT2D eigenvalue weighted by Crippen LogP contribution is 2.11. The number of hydrogen-bond acceptors (Lipinski definition) is 0. The zero-order valence-corrected chi connectivity index (χ0v) is 16.7. The molecular weight excluding hydrogens is 258 g/mol. The van der Waals surface area contributed by atoms with Crippen molar-refractivity contribution in [3.63, 3.8) is 0 Å². The summed E-state index contributed by atoms with van der Waals surface area (Å²) in [7, 11) is 14.2. The molecule has 0 saturated heterocycles. The van der Waals surface area contributed by atoms with E-state index in [2.05, 4.69) is 70.0 Å². The smallest absolute Gasteiger partial charge is 0.0838 e. The minimum absolute atomic E-state index is 0.713. The first-order valence-electron chi connectivity index (χ1n) is 8.77. The van der Waals surface area contributed by atoms with Gasteiger partial charge in [0.05, 0.1) is 80.5 Å². The standard InChI is InChI=1S/C18H44N3/c1-17(2)20(7,8)15-11-13-19(5,6)14-12-16-21(9,10)18(3)4/h17-18H,11-16H2,1-10H3/q+3. The van der Waals surface area contributed by atoms with E-state index in [1.165, 1.54) is 39.0 Å². The Kier molecular flexibility index (Phi) is 7.89. The van der Waals surface area contributed by atoms with Crippen molar-refractivity contribution in [2.24, 2.45) is 0 Å². The molecule has 0 aromatic heterocycles. The zero-order chi connectivity index (χ0) is 16.9. The van der Waals surface area contributed by atoms with Crippen LogP contribution in [0, 0.1) is 0 Å². The maximum absolute atomic E-state index is 2.39. The van der Waals surface area contributed by atoms with E-state index in [9.17, 15) is 0 Å². The third kappa shape index (κ3) is 8.18. The predicted molar refractivity (Wildman–Crippen MR) is 95.3 cm³/mol. The van der Waals surface area contributed by atoms with Crippen LogP contribution in [0.3, 0.4) is 0 Å². The highest BCUT2D eigenvalue weighted by Gasteiger charge is 2.24. The van der Waals surface area contributed by atoms with E-state index >= 15 is 0 Å². The van der Waals surface area contributed by atoms with Crippen LogP contribution in [0.2, 0.25) is 0 Å². The van der Waals surface area contributed by atoms with Crippen LogP contribution >= 0.6 is 0 Å². The van der Waals surface area contributed by atoms with Crippen molar-refractivity contribution in [3.05, 3.63) is 0 Å². The normalized spacial score (nSPS) is 14.3. The van der Waals surface area contributed by atoms with Gasteiger partial charge >= 0.3 is 0 Å². The lowest BCUT2D eigenvalue weighted by molar-refractivity contribution is -0.929. The first kappa shape index (κ1) is 20.9. The van der Waals surface area contributed by atoms with Gasteiger partial charge in [0.1, 0.15) is 0 Å². The largest absolute Gasteiger partial charge is 0.328 e. The fourth-order valence-electron chi connectivity index (χ4n) is 2.44. The van der Waals surface area contributed by atoms with Gasteiger partial charge in [0.2, 0.25) is 0 Å². The lowest BCUT2D eigenvalue weighted by Gasteiger charge is -2.37. The van der Waals surface area contributed by atoms with Gasteiger partial charge in [-0.15, -0.1) is 0 Å². The molecule has 0 atom stereocenters. The molecule has 0 radical (unpaired) electrons. The molecule has 0 rings (SSSR count). The quantitative estimate of drug-likeness (QED) is 0.544. The lowest BCUT2D eigenvalue weighted by Crippen LogP contribution is -2.50. The van der Waals surface area contributed by atoms with Gasteiger partial charge in [-0.25, -0.2) is 0 Å². The highest BCUT2D eigenvalue weighted by molar-refractivity contribution is 4.46. The summed E-state index contributed by atoms with van der Waals surface area (Å²) >= 11 is 0. The van der Waals surface area contributed by atoms with Crippen molar-refractivity contribution in [2.45, 2.75) is 52.6 Å². The van der Waals surface area contributed by atoms with Crippen molar-refractivity contribution >= 4 is 0 Å². The molecule has 0 aliphatic heterocycles. The number of hydrogen-bond donors (Lipinski definition) is 0. The molecule has 0 aliphatic rings. The molecule has 0 spiro atoms. The van der Waals surface area contributed by atoms with E-state index in [1.54, 1.807) is 0 Å². The van der Waals surface area contributed by atoms with Gasteiger partial charge < -0.3 is 13.4 Å². The summed E-state index contributed by atoms with van der Waals surface area (Å²) in [4.78, 5) is 0. The minimum Gasteiger partial charge on any atom is -0.328 e. The first-order valence-corrected chi connectivity index (χ1v) is 8.77. The van der Waals surface area contributed by atoms with Gasteiger partial charge in [0.15, 0.2) is 0 Å². The van der Waals surface area contributed by atoms with Crippen LogP contribution in [0.1, 0.15) is 40.5 Å². The Labute approximate surface area is 135 Å². The van der Waals surface area contributed by atoms with Crippen LogP contribution in [-0.4, -0.2) is 94.0 Å². The molecule has 0 aromatic rings. The van der Waals surface area contributed by atoms with Gasteiger partial charge in [-0.2, -0.15) is 0 Å². The molecule has 0 aromatic carbocycles. The molecule has 0 saturated carbocycles. The van der Waals surface area contributed by atoms with Crippen molar-refractivity contribution in [1.29, 1.82) is 0 Å². The average Bonchev–Trinajstić information content (AvgIpc) is 2.27. The van der Waals surface area contributed by atoms with Crippen molar-refractivity contribution in [2.75, 3.05) is 68.5 Å². The molecule has 21 heavy (non-hydrogen) atoms. The van der Waals surface area contributed by atoms with Gasteiger partial charge in [-0.05, 0) is 27.7 Å². The number of quaternary nitrogens is 3. The third-order valence-electron chi connectivity index (χ3n) is 5.79. The van der Waals surface area contributed by atoms with E-state index in [0.29, 0.717) is 12.1 Å². The van der Waals surface area contributed by atoms with Gasteiger partial charge in [0, 0.05) is 12.8 Å². The van der Waals surface area contributed by atoms with Crippen LogP contribution < -0.4 is 0 Å². The Morgan fingerprint density at radius 1 is 0.524 bits per heavy atom. The molecule has 128 valence electrons. The molecule has 0 heterocycles.